The van der Waals surface area contributed by atoms with E-state index in [2.05, 4.69) is 37.3 Å². The first-order chi connectivity index (χ1) is 11.3. The summed E-state index contributed by atoms with van der Waals surface area (Å²) < 4.78 is 3.70. The van der Waals surface area contributed by atoms with E-state index in [0.717, 1.165) is 34.3 Å². The van der Waals surface area contributed by atoms with E-state index in [4.69, 9.17) is 0 Å². The molecule has 4 aromatic rings. The second-order valence-electron chi connectivity index (χ2n) is 5.11. The van der Waals surface area contributed by atoms with E-state index in [-0.39, 0.29) is 0 Å². The van der Waals surface area contributed by atoms with Gasteiger partial charge in [-0.25, -0.2) is 4.98 Å². The van der Waals surface area contributed by atoms with Crippen LogP contribution >= 0.6 is 11.3 Å². The molecule has 116 valence electrons. The fourth-order valence-corrected chi connectivity index (χ4v) is 3.25. The number of aryl methyl sites for hydroxylation is 2. The van der Waals surface area contributed by atoms with Crippen molar-refractivity contribution in [1.29, 1.82) is 0 Å². The Bertz CT molecular complexity index is 952. The molecule has 23 heavy (non-hydrogen) atoms. The minimum Gasteiger partial charge on any atom is -0.262 e. The molecule has 0 N–H and O–H groups in total. The van der Waals surface area contributed by atoms with Crippen molar-refractivity contribution in [2.75, 3.05) is 0 Å². The van der Waals surface area contributed by atoms with Crippen LogP contribution in [-0.2, 0) is 6.54 Å². The molecule has 4 rings (SSSR count). The summed E-state index contributed by atoms with van der Waals surface area (Å²) in [6.07, 6.45) is 5.92. The average Bonchev–Trinajstić information content (AvgIpc) is 3.22. The lowest BCUT2D eigenvalue weighted by molar-refractivity contribution is 0.603. The van der Waals surface area contributed by atoms with Gasteiger partial charge in [0.15, 0.2) is 5.01 Å². The number of hydrogen-bond acceptors (Lipinski definition) is 7. The normalized spacial score (nSPS) is 11.4. The highest BCUT2D eigenvalue weighted by Crippen LogP contribution is 2.28. The molecule has 0 aliphatic rings. The Kier molecular flexibility index (Phi) is 3.34. The van der Waals surface area contributed by atoms with E-state index in [1.165, 1.54) is 11.3 Å². The molecular weight excluding hydrogens is 312 g/mol. The van der Waals surface area contributed by atoms with E-state index in [9.17, 15) is 0 Å². The molecule has 0 aliphatic carbocycles. The highest BCUT2D eigenvalue weighted by molar-refractivity contribution is 7.19. The molecule has 0 aromatic carbocycles. The smallest absolute Gasteiger partial charge is 0.235 e. The van der Waals surface area contributed by atoms with Gasteiger partial charge >= 0.3 is 0 Å². The van der Waals surface area contributed by atoms with Crippen molar-refractivity contribution < 1.29 is 0 Å². The fraction of sp³-hybridized carbons (Fsp3) is 0.286. The molecule has 0 aliphatic heterocycles. The monoisotopic (exact) mass is 326 g/mol. The van der Waals surface area contributed by atoms with Gasteiger partial charge in [-0.1, -0.05) is 18.3 Å². The van der Waals surface area contributed by atoms with Gasteiger partial charge in [-0.2, -0.15) is 14.7 Å². The highest BCUT2D eigenvalue weighted by atomic mass is 32.1. The van der Waals surface area contributed by atoms with Gasteiger partial charge in [-0.15, -0.1) is 10.2 Å². The topological polar surface area (TPSA) is 86.7 Å². The third kappa shape index (κ3) is 2.38. The van der Waals surface area contributed by atoms with Gasteiger partial charge in [-0.3, -0.25) is 9.67 Å². The van der Waals surface area contributed by atoms with Crippen molar-refractivity contribution in [1.82, 2.24) is 39.6 Å². The minimum atomic E-state index is 0.592. The first-order valence-electron chi connectivity index (χ1n) is 7.29. The Labute approximate surface area is 135 Å². The van der Waals surface area contributed by atoms with Gasteiger partial charge in [-0.05, 0) is 19.4 Å². The van der Waals surface area contributed by atoms with Crippen LogP contribution in [0.2, 0.25) is 0 Å². The second kappa shape index (κ2) is 5.51. The summed E-state index contributed by atoms with van der Waals surface area (Å²) in [6, 6.07) is 2.04. The van der Waals surface area contributed by atoms with Gasteiger partial charge in [0.1, 0.15) is 5.69 Å². The van der Waals surface area contributed by atoms with E-state index >= 15 is 0 Å². The lowest BCUT2D eigenvalue weighted by atomic mass is 10.4. The van der Waals surface area contributed by atoms with Crippen molar-refractivity contribution in [3.05, 3.63) is 30.4 Å². The summed E-state index contributed by atoms with van der Waals surface area (Å²) in [4.78, 5) is 9.06. The molecule has 0 spiro atoms. The van der Waals surface area contributed by atoms with Crippen LogP contribution in [0.25, 0.3) is 27.2 Å². The summed E-state index contributed by atoms with van der Waals surface area (Å²) in [5, 5.41) is 18.4. The summed E-state index contributed by atoms with van der Waals surface area (Å²) in [5.41, 5.74) is 2.63. The maximum Gasteiger partial charge on any atom is 0.235 e. The lowest BCUT2D eigenvalue weighted by Crippen LogP contribution is -2.02. The molecule has 0 unspecified atom stereocenters. The Morgan fingerprint density at radius 1 is 1.17 bits per heavy atom. The molecule has 0 amide bonds. The minimum absolute atomic E-state index is 0.592. The van der Waals surface area contributed by atoms with Gasteiger partial charge in [0, 0.05) is 18.9 Å². The molecule has 0 fully saturated rings. The van der Waals surface area contributed by atoms with Crippen molar-refractivity contribution in [3.8, 4) is 22.2 Å². The lowest BCUT2D eigenvalue weighted by Gasteiger charge is -2.01. The van der Waals surface area contributed by atoms with Gasteiger partial charge < -0.3 is 0 Å². The largest absolute Gasteiger partial charge is 0.262 e. The zero-order chi connectivity index (χ0) is 15.8. The summed E-state index contributed by atoms with van der Waals surface area (Å²) in [7, 11) is 0. The first kappa shape index (κ1) is 13.9. The first-order valence-corrected chi connectivity index (χ1v) is 8.11. The zero-order valence-corrected chi connectivity index (χ0v) is 13.5. The Balaban J connectivity index is 1.83. The molecule has 8 nitrogen and oxygen atoms in total. The van der Waals surface area contributed by atoms with Crippen molar-refractivity contribution in [2.45, 2.75) is 26.8 Å². The van der Waals surface area contributed by atoms with Crippen LogP contribution in [0.4, 0.5) is 0 Å². The van der Waals surface area contributed by atoms with Crippen LogP contribution in [0.1, 0.15) is 19.0 Å². The van der Waals surface area contributed by atoms with Crippen LogP contribution in [0, 0.1) is 6.92 Å². The summed E-state index contributed by atoms with van der Waals surface area (Å²) >= 11 is 1.49. The predicted octanol–water partition coefficient (Wildman–Crippen LogP) is 2.22. The number of nitrogens with zero attached hydrogens (tertiary/aromatic N) is 8. The number of fused-ring (bicyclic) bond motifs is 1. The number of hydrogen-bond donors (Lipinski definition) is 0. The molecule has 0 saturated heterocycles. The second-order valence-corrected chi connectivity index (χ2v) is 6.07. The van der Waals surface area contributed by atoms with Crippen molar-refractivity contribution >= 4 is 16.3 Å². The maximum absolute atomic E-state index is 4.66. The molecule has 4 heterocycles. The molecular formula is C14H14N8S. The third-order valence-electron chi connectivity index (χ3n) is 3.34. The molecule has 0 saturated carbocycles. The molecule has 9 heteroatoms. The average molecular weight is 326 g/mol. The van der Waals surface area contributed by atoms with E-state index < -0.39 is 0 Å². The standard InChI is InChI=1S/C14H14N8S/c1-3-6-21-11(7-9(2)19-21)13-20-22-12(17-18-14(22)23-13)10-8-15-4-5-16-10/h4-5,7-8H,3,6H2,1-2H3. The van der Waals surface area contributed by atoms with Crippen molar-refractivity contribution in [3.63, 3.8) is 0 Å². The van der Waals surface area contributed by atoms with Crippen LogP contribution < -0.4 is 0 Å². The van der Waals surface area contributed by atoms with E-state index in [1.807, 2.05) is 17.7 Å². The molecule has 0 bridgehead atoms. The maximum atomic E-state index is 4.66. The fourth-order valence-electron chi connectivity index (χ4n) is 2.39. The van der Waals surface area contributed by atoms with Crippen LogP contribution in [-0.4, -0.2) is 39.6 Å². The Hall–Kier alpha value is -2.68. The van der Waals surface area contributed by atoms with Crippen LogP contribution in [0.5, 0.6) is 0 Å². The molecule has 4 aromatic heterocycles. The quantitative estimate of drug-likeness (QED) is 0.571. The van der Waals surface area contributed by atoms with E-state index in [1.54, 1.807) is 23.1 Å². The Morgan fingerprint density at radius 3 is 2.87 bits per heavy atom. The zero-order valence-electron chi connectivity index (χ0n) is 12.7. The molecule has 0 atom stereocenters. The van der Waals surface area contributed by atoms with Gasteiger partial charge in [0.2, 0.25) is 10.8 Å². The highest BCUT2D eigenvalue weighted by Gasteiger charge is 2.18. The number of rotatable bonds is 4. The SMILES string of the molecule is CCCn1nc(C)cc1-c1nn2c(-c3cnccn3)nnc2s1. The third-order valence-corrected chi connectivity index (χ3v) is 4.26. The van der Waals surface area contributed by atoms with Crippen LogP contribution in [0.3, 0.4) is 0 Å². The van der Waals surface area contributed by atoms with Gasteiger partial charge in [0.25, 0.3) is 0 Å². The summed E-state index contributed by atoms with van der Waals surface area (Å²) in [6.45, 7) is 4.98. The Morgan fingerprint density at radius 2 is 2.09 bits per heavy atom. The van der Waals surface area contributed by atoms with E-state index in [0.29, 0.717) is 11.5 Å². The van der Waals surface area contributed by atoms with Crippen LogP contribution in [0.15, 0.2) is 24.7 Å². The van der Waals surface area contributed by atoms with Gasteiger partial charge in [0.05, 0.1) is 17.6 Å². The predicted molar refractivity (Wildman–Crippen MR) is 85.9 cm³/mol. The summed E-state index contributed by atoms with van der Waals surface area (Å²) in [5.74, 6) is 0.592. The molecule has 0 radical (unpaired) electrons. The number of aromatic nitrogens is 8. The van der Waals surface area contributed by atoms with Crippen molar-refractivity contribution in [2.24, 2.45) is 0 Å².